The van der Waals surface area contributed by atoms with Crippen LogP contribution in [0.4, 0.5) is 4.79 Å². The number of hydrogen-bond acceptors (Lipinski definition) is 4. The number of ether oxygens (including phenoxy) is 1. The number of hydrogen-bond donors (Lipinski definition) is 3. The third kappa shape index (κ3) is 3.46. The van der Waals surface area contributed by atoms with Gasteiger partial charge in [-0.2, -0.15) is 0 Å². The lowest BCUT2D eigenvalue weighted by atomic mass is 10.2. The molecule has 0 saturated carbocycles. The summed E-state index contributed by atoms with van der Waals surface area (Å²) in [5, 5.41) is 3.20. The average molecular weight is 356 g/mol. The maximum Gasteiger partial charge on any atom is 0.333 e. The van der Waals surface area contributed by atoms with Crippen molar-refractivity contribution in [1.29, 1.82) is 0 Å². The molecule has 3 amide bonds. The molecule has 8 heteroatoms. The second kappa shape index (κ2) is 6.49. The van der Waals surface area contributed by atoms with E-state index in [-0.39, 0.29) is 5.76 Å². The van der Waals surface area contributed by atoms with Crippen LogP contribution in [0.3, 0.4) is 0 Å². The standard InChI is InChI=1S/C13H14BrN3O4/c1-3-15-13(19)17-16-12(18)10-5-7-4-8(14)6-9(20-2)11(7)21-10/h4-6H,3H2,1-2H3,(H,16,18)(H2,15,17,19). The van der Waals surface area contributed by atoms with E-state index < -0.39 is 11.9 Å². The van der Waals surface area contributed by atoms with Gasteiger partial charge < -0.3 is 14.5 Å². The van der Waals surface area contributed by atoms with Gasteiger partial charge in [0.2, 0.25) is 0 Å². The van der Waals surface area contributed by atoms with E-state index in [0.717, 1.165) is 4.47 Å². The molecule has 0 aliphatic rings. The summed E-state index contributed by atoms with van der Waals surface area (Å²) in [6.45, 7) is 2.22. The topological polar surface area (TPSA) is 92.6 Å². The number of carbonyl (C=O) groups excluding carboxylic acids is 2. The molecule has 0 atom stereocenters. The van der Waals surface area contributed by atoms with E-state index in [0.29, 0.717) is 23.3 Å². The van der Waals surface area contributed by atoms with E-state index in [2.05, 4.69) is 32.1 Å². The number of amides is 3. The van der Waals surface area contributed by atoms with Crippen LogP contribution in [0.25, 0.3) is 11.0 Å². The molecule has 0 fully saturated rings. The molecule has 7 nitrogen and oxygen atoms in total. The Morgan fingerprint density at radius 2 is 2.05 bits per heavy atom. The van der Waals surface area contributed by atoms with Gasteiger partial charge in [-0.3, -0.25) is 10.2 Å². The normalized spacial score (nSPS) is 10.2. The highest BCUT2D eigenvalue weighted by Crippen LogP contribution is 2.32. The van der Waals surface area contributed by atoms with Crippen LogP contribution in [0, 0.1) is 0 Å². The largest absolute Gasteiger partial charge is 0.493 e. The van der Waals surface area contributed by atoms with Crippen LogP contribution >= 0.6 is 15.9 Å². The molecule has 0 radical (unpaired) electrons. The SMILES string of the molecule is CCNC(=O)NNC(=O)c1cc2cc(Br)cc(OC)c2o1. The molecule has 0 bridgehead atoms. The predicted molar refractivity (Wildman–Crippen MR) is 80.1 cm³/mol. The summed E-state index contributed by atoms with van der Waals surface area (Å²) in [6.07, 6.45) is 0. The van der Waals surface area contributed by atoms with Gasteiger partial charge in [0, 0.05) is 16.4 Å². The van der Waals surface area contributed by atoms with Crippen molar-refractivity contribution < 1.29 is 18.7 Å². The first kappa shape index (κ1) is 15.2. The fraction of sp³-hybridized carbons (Fsp3) is 0.231. The van der Waals surface area contributed by atoms with Gasteiger partial charge in [0.1, 0.15) is 0 Å². The molecule has 0 saturated heterocycles. The Morgan fingerprint density at radius 3 is 2.71 bits per heavy atom. The molecule has 0 aliphatic heterocycles. The minimum Gasteiger partial charge on any atom is -0.493 e. The summed E-state index contributed by atoms with van der Waals surface area (Å²) in [7, 11) is 1.51. The molecular formula is C13H14BrN3O4. The van der Waals surface area contributed by atoms with Crippen LogP contribution in [0.1, 0.15) is 17.5 Å². The Bertz CT molecular complexity index is 683. The molecule has 2 aromatic rings. The highest BCUT2D eigenvalue weighted by Gasteiger charge is 2.16. The summed E-state index contributed by atoms with van der Waals surface area (Å²) < 4.78 is 11.5. The van der Waals surface area contributed by atoms with Crippen LogP contribution < -0.4 is 20.9 Å². The van der Waals surface area contributed by atoms with Crippen molar-refractivity contribution in [2.24, 2.45) is 0 Å². The van der Waals surface area contributed by atoms with Gasteiger partial charge in [0.05, 0.1) is 7.11 Å². The molecule has 1 aromatic heterocycles. The number of urea groups is 1. The van der Waals surface area contributed by atoms with Gasteiger partial charge in [-0.05, 0) is 25.1 Å². The number of furan rings is 1. The quantitative estimate of drug-likeness (QED) is 0.735. The number of hydrazine groups is 1. The van der Waals surface area contributed by atoms with Gasteiger partial charge in [0.25, 0.3) is 0 Å². The molecule has 0 unspecified atom stereocenters. The monoisotopic (exact) mass is 355 g/mol. The van der Waals surface area contributed by atoms with Crippen LogP contribution in [-0.2, 0) is 0 Å². The zero-order valence-electron chi connectivity index (χ0n) is 11.5. The van der Waals surface area contributed by atoms with Crippen LogP contribution in [0.5, 0.6) is 5.75 Å². The first-order valence-electron chi connectivity index (χ1n) is 6.16. The maximum absolute atomic E-state index is 11.9. The molecule has 21 heavy (non-hydrogen) atoms. The van der Waals surface area contributed by atoms with Gasteiger partial charge in [-0.25, -0.2) is 10.2 Å². The fourth-order valence-electron chi connectivity index (χ4n) is 1.73. The lowest BCUT2D eigenvalue weighted by Crippen LogP contribution is -2.46. The number of fused-ring (bicyclic) bond motifs is 1. The molecule has 0 spiro atoms. The van der Waals surface area contributed by atoms with E-state index in [1.165, 1.54) is 7.11 Å². The Morgan fingerprint density at radius 1 is 1.29 bits per heavy atom. The van der Waals surface area contributed by atoms with Crippen molar-refractivity contribution in [3.05, 3.63) is 28.4 Å². The summed E-state index contributed by atoms with van der Waals surface area (Å²) in [5.41, 5.74) is 4.93. The number of methoxy groups -OCH3 is 1. The van der Waals surface area contributed by atoms with Crippen molar-refractivity contribution in [2.45, 2.75) is 6.92 Å². The number of rotatable bonds is 3. The smallest absolute Gasteiger partial charge is 0.333 e. The number of benzene rings is 1. The van der Waals surface area contributed by atoms with Crippen molar-refractivity contribution in [3.8, 4) is 5.75 Å². The second-order valence-electron chi connectivity index (χ2n) is 4.08. The Balaban J connectivity index is 2.19. The third-order valence-electron chi connectivity index (χ3n) is 2.62. The maximum atomic E-state index is 11.9. The van der Waals surface area contributed by atoms with Crippen molar-refractivity contribution in [3.63, 3.8) is 0 Å². The zero-order chi connectivity index (χ0) is 15.4. The summed E-state index contributed by atoms with van der Waals surface area (Å²) in [4.78, 5) is 23.1. The highest BCUT2D eigenvalue weighted by atomic mass is 79.9. The van der Waals surface area contributed by atoms with Crippen molar-refractivity contribution >= 4 is 38.8 Å². The molecule has 1 heterocycles. The minimum atomic E-state index is -0.560. The van der Waals surface area contributed by atoms with Gasteiger partial charge in [-0.1, -0.05) is 15.9 Å². The molecule has 112 valence electrons. The van der Waals surface area contributed by atoms with Gasteiger partial charge in [-0.15, -0.1) is 0 Å². The van der Waals surface area contributed by atoms with Crippen LogP contribution in [0.2, 0.25) is 0 Å². The average Bonchev–Trinajstić information content (AvgIpc) is 2.87. The number of nitrogens with one attached hydrogen (secondary N) is 3. The Labute approximate surface area is 129 Å². The number of carbonyl (C=O) groups is 2. The summed E-state index contributed by atoms with van der Waals surface area (Å²) in [5.74, 6) is 0.0175. The van der Waals surface area contributed by atoms with Crippen LogP contribution in [-0.4, -0.2) is 25.6 Å². The molecule has 1 aromatic carbocycles. The second-order valence-corrected chi connectivity index (χ2v) is 4.99. The van der Waals surface area contributed by atoms with Gasteiger partial charge >= 0.3 is 11.9 Å². The Kier molecular flexibility index (Phi) is 4.69. The number of halogens is 1. The van der Waals surface area contributed by atoms with Crippen molar-refractivity contribution in [1.82, 2.24) is 16.2 Å². The van der Waals surface area contributed by atoms with E-state index in [1.807, 2.05) is 0 Å². The minimum absolute atomic E-state index is 0.0678. The molecular weight excluding hydrogens is 342 g/mol. The molecule has 0 aliphatic carbocycles. The van der Waals surface area contributed by atoms with E-state index in [1.54, 1.807) is 25.1 Å². The predicted octanol–water partition coefficient (Wildman–Crippen LogP) is 2.17. The Hall–Kier alpha value is -2.22. The third-order valence-corrected chi connectivity index (χ3v) is 3.08. The lowest BCUT2D eigenvalue weighted by Gasteiger charge is -2.05. The fourth-order valence-corrected chi connectivity index (χ4v) is 2.18. The van der Waals surface area contributed by atoms with Crippen molar-refractivity contribution in [2.75, 3.05) is 13.7 Å². The van der Waals surface area contributed by atoms with E-state index in [9.17, 15) is 9.59 Å². The van der Waals surface area contributed by atoms with Gasteiger partial charge in [0.15, 0.2) is 17.1 Å². The summed E-state index contributed by atoms with van der Waals surface area (Å²) >= 11 is 3.35. The van der Waals surface area contributed by atoms with E-state index in [4.69, 9.17) is 9.15 Å². The lowest BCUT2D eigenvalue weighted by molar-refractivity contribution is 0.0910. The first-order valence-corrected chi connectivity index (χ1v) is 6.95. The highest BCUT2D eigenvalue weighted by molar-refractivity contribution is 9.10. The first-order chi connectivity index (χ1) is 10.0. The zero-order valence-corrected chi connectivity index (χ0v) is 13.0. The van der Waals surface area contributed by atoms with Crippen LogP contribution in [0.15, 0.2) is 27.1 Å². The molecule has 3 N–H and O–H groups in total. The van der Waals surface area contributed by atoms with E-state index >= 15 is 0 Å². The summed E-state index contributed by atoms with van der Waals surface area (Å²) in [6, 6.07) is 4.61. The molecule has 2 rings (SSSR count).